The number of hydrogen-bond acceptors (Lipinski definition) is 4. The van der Waals surface area contributed by atoms with E-state index < -0.39 is 11.0 Å². The zero-order valence-electron chi connectivity index (χ0n) is 15.1. The molecule has 6 heteroatoms. The predicted octanol–water partition coefficient (Wildman–Crippen LogP) is 4.21. The van der Waals surface area contributed by atoms with Crippen molar-refractivity contribution in [1.82, 2.24) is 4.90 Å². The van der Waals surface area contributed by atoms with Gasteiger partial charge in [0.1, 0.15) is 11.4 Å². The second-order valence-electron chi connectivity index (χ2n) is 7.87. The molecule has 1 fully saturated rings. The number of benzene rings is 1. The van der Waals surface area contributed by atoms with E-state index in [0.717, 1.165) is 10.0 Å². The molecule has 0 radical (unpaired) electrons. The molecule has 25 heavy (non-hydrogen) atoms. The van der Waals surface area contributed by atoms with Crippen LogP contribution in [0.5, 0.6) is 5.75 Å². The second kappa shape index (κ2) is 6.31. The number of ketones is 1. The number of hydrogen-bond donors (Lipinski definition) is 0. The predicted molar refractivity (Wildman–Crippen MR) is 98.2 cm³/mol. The van der Waals surface area contributed by atoms with Gasteiger partial charge in [-0.15, -0.1) is 0 Å². The van der Waals surface area contributed by atoms with Crippen LogP contribution in [-0.4, -0.2) is 42.6 Å². The second-order valence-corrected chi connectivity index (χ2v) is 8.72. The van der Waals surface area contributed by atoms with E-state index in [4.69, 9.17) is 9.47 Å². The molecule has 0 atom stereocenters. The number of carbonyl (C=O) groups is 2. The minimum absolute atomic E-state index is 0.143. The molecule has 1 aromatic carbocycles. The molecule has 1 saturated heterocycles. The molecule has 5 nitrogen and oxygen atoms in total. The molecule has 0 bridgehead atoms. The summed E-state index contributed by atoms with van der Waals surface area (Å²) >= 11 is 3.46. The maximum absolute atomic E-state index is 13.2. The number of methoxy groups -OCH3 is 1. The first kappa shape index (κ1) is 18.2. The van der Waals surface area contributed by atoms with Gasteiger partial charge in [0.05, 0.1) is 17.1 Å². The van der Waals surface area contributed by atoms with Crippen LogP contribution in [0.15, 0.2) is 16.6 Å². The first-order valence-corrected chi connectivity index (χ1v) is 9.34. The Balaban J connectivity index is 1.77. The number of ether oxygens (including phenoxy) is 2. The van der Waals surface area contributed by atoms with Gasteiger partial charge < -0.3 is 14.4 Å². The number of rotatable bonds is 1. The molecule has 136 valence electrons. The Kier molecular flexibility index (Phi) is 4.60. The molecule has 2 aliphatic rings. The SMILES string of the molecule is COc1c(Br)ccc2c1C(=O)C1(CCN(C(=O)OC(C)(C)C)CC1)C2. The summed E-state index contributed by atoms with van der Waals surface area (Å²) in [5.74, 6) is 0.762. The highest BCUT2D eigenvalue weighted by atomic mass is 79.9. The van der Waals surface area contributed by atoms with Crippen LogP contribution in [0, 0.1) is 5.41 Å². The molecule has 1 heterocycles. The Bertz CT molecular complexity index is 715. The van der Waals surface area contributed by atoms with E-state index in [-0.39, 0.29) is 11.9 Å². The van der Waals surface area contributed by atoms with Gasteiger partial charge in [-0.25, -0.2) is 4.79 Å². The van der Waals surface area contributed by atoms with Gasteiger partial charge in [-0.1, -0.05) is 6.07 Å². The van der Waals surface area contributed by atoms with E-state index in [1.165, 1.54) is 0 Å². The number of likely N-dealkylation sites (tertiary alicyclic amines) is 1. The molecule has 1 aromatic rings. The maximum Gasteiger partial charge on any atom is 0.410 e. The van der Waals surface area contributed by atoms with Gasteiger partial charge >= 0.3 is 6.09 Å². The highest BCUT2D eigenvalue weighted by molar-refractivity contribution is 9.10. The summed E-state index contributed by atoms with van der Waals surface area (Å²) in [5.41, 5.74) is 0.804. The van der Waals surface area contributed by atoms with Crippen molar-refractivity contribution in [2.24, 2.45) is 5.41 Å². The molecule has 1 spiro atoms. The lowest BCUT2D eigenvalue weighted by atomic mass is 9.75. The van der Waals surface area contributed by atoms with Gasteiger partial charge in [-0.2, -0.15) is 0 Å². The first-order chi connectivity index (χ1) is 11.7. The van der Waals surface area contributed by atoms with Gasteiger partial charge in [-0.05, 0) is 67.6 Å². The van der Waals surface area contributed by atoms with Crippen LogP contribution in [-0.2, 0) is 11.2 Å². The van der Waals surface area contributed by atoms with Gasteiger partial charge in [0.25, 0.3) is 0 Å². The lowest BCUT2D eigenvalue weighted by molar-refractivity contribution is 0.0113. The average molecular weight is 410 g/mol. The fourth-order valence-corrected chi connectivity index (χ4v) is 4.24. The lowest BCUT2D eigenvalue weighted by Gasteiger charge is -2.38. The maximum atomic E-state index is 13.2. The minimum atomic E-state index is -0.509. The number of amides is 1. The summed E-state index contributed by atoms with van der Waals surface area (Å²) in [6, 6.07) is 3.93. The van der Waals surface area contributed by atoms with Gasteiger partial charge in [-0.3, -0.25) is 4.79 Å². The van der Waals surface area contributed by atoms with Crippen molar-refractivity contribution in [3.05, 3.63) is 27.7 Å². The third kappa shape index (κ3) is 3.28. The number of carbonyl (C=O) groups excluding carboxylic acids is 2. The van der Waals surface area contributed by atoms with Crippen molar-refractivity contribution in [2.45, 2.75) is 45.6 Å². The van der Waals surface area contributed by atoms with E-state index in [9.17, 15) is 9.59 Å². The first-order valence-electron chi connectivity index (χ1n) is 8.55. The molecular weight excluding hydrogens is 386 g/mol. The van der Waals surface area contributed by atoms with Crippen molar-refractivity contribution in [3.63, 3.8) is 0 Å². The van der Waals surface area contributed by atoms with Crippen LogP contribution in [0.1, 0.15) is 49.5 Å². The Morgan fingerprint density at radius 1 is 1.24 bits per heavy atom. The van der Waals surface area contributed by atoms with Crippen molar-refractivity contribution in [1.29, 1.82) is 0 Å². The summed E-state index contributed by atoms with van der Waals surface area (Å²) in [6.45, 7) is 6.66. The number of Topliss-reactive ketones (excluding diaryl/α,β-unsaturated/α-hetero) is 1. The molecule has 0 N–H and O–H groups in total. The fraction of sp³-hybridized carbons (Fsp3) is 0.579. The molecule has 3 rings (SSSR count). The fourth-order valence-electron chi connectivity index (χ4n) is 3.75. The summed E-state index contributed by atoms with van der Waals surface area (Å²) in [7, 11) is 1.59. The zero-order chi connectivity index (χ0) is 18.4. The topological polar surface area (TPSA) is 55.8 Å². The smallest absolute Gasteiger partial charge is 0.410 e. The van der Waals surface area contributed by atoms with Crippen LogP contribution in [0.3, 0.4) is 0 Å². The van der Waals surface area contributed by atoms with Gasteiger partial charge in [0, 0.05) is 18.5 Å². The molecule has 1 aliphatic heterocycles. The summed E-state index contributed by atoms with van der Waals surface area (Å²) in [5, 5.41) is 0. The van der Waals surface area contributed by atoms with E-state index in [1.54, 1.807) is 12.0 Å². The molecule has 0 unspecified atom stereocenters. The Hall–Kier alpha value is -1.56. The third-order valence-electron chi connectivity index (χ3n) is 5.01. The minimum Gasteiger partial charge on any atom is -0.495 e. The number of piperidine rings is 1. The normalized spacial score (nSPS) is 19.1. The largest absolute Gasteiger partial charge is 0.495 e. The van der Waals surface area contributed by atoms with Crippen LogP contribution >= 0.6 is 15.9 Å². The average Bonchev–Trinajstić information content (AvgIpc) is 2.79. The Morgan fingerprint density at radius 2 is 1.88 bits per heavy atom. The summed E-state index contributed by atoms with van der Waals surface area (Å²) in [4.78, 5) is 27.1. The van der Waals surface area contributed by atoms with Crippen molar-refractivity contribution in [2.75, 3.05) is 20.2 Å². The van der Waals surface area contributed by atoms with Crippen LogP contribution in [0.25, 0.3) is 0 Å². The lowest BCUT2D eigenvalue weighted by Crippen LogP contribution is -2.47. The molecule has 1 amide bonds. The van der Waals surface area contributed by atoms with Crippen LogP contribution in [0.4, 0.5) is 4.79 Å². The Labute approximate surface area is 156 Å². The van der Waals surface area contributed by atoms with Crippen molar-refractivity contribution >= 4 is 27.8 Å². The zero-order valence-corrected chi connectivity index (χ0v) is 16.7. The monoisotopic (exact) mass is 409 g/mol. The highest BCUT2D eigenvalue weighted by Crippen LogP contribution is 2.48. The molecule has 0 aromatic heterocycles. The Morgan fingerprint density at radius 3 is 2.44 bits per heavy atom. The molecule has 1 aliphatic carbocycles. The van der Waals surface area contributed by atoms with E-state index in [1.807, 2.05) is 32.9 Å². The third-order valence-corrected chi connectivity index (χ3v) is 5.63. The molecular formula is C19H24BrNO4. The van der Waals surface area contributed by atoms with Crippen LogP contribution in [0.2, 0.25) is 0 Å². The highest BCUT2D eigenvalue weighted by Gasteiger charge is 2.49. The number of fused-ring (bicyclic) bond motifs is 1. The van der Waals surface area contributed by atoms with Gasteiger partial charge in [0.2, 0.25) is 0 Å². The van der Waals surface area contributed by atoms with Crippen molar-refractivity contribution in [3.8, 4) is 5.75 Å². The number of halogens is 1. The number of nitrogens with zero attached hydrogens (tertiary/aromatic N) is 1. The van der Waals surface area contributed by atoms with Crippen LogP contribution < -0.4 is 4.74 Å². The van der Waals surface area contributed by atoms with E-state index in [2.05, 4.69) is 15.9 Å². The molecule has 0 saturated carbocycles. The summed E-state index contributed by atoms with van der Waals surface area (Å²) < 4.78 is 11.7. The summed E-state index contributed by atoms with van der Waals surface area (Å²) in [6.07, 6.45) is 1.72. The van der Waals surface area contributed by atoms with Crippen molar-refractivity contribution < 1.29 is 19.1 Å². The van der Waals surface area contributed by atoms with E-state index >= 15 is 0 Å². The standard InChI is InChI=1S/C19H24BrNO4/c1-18(2,3)25-17(23)21-9-7-19(8-10-21)11-12-5-6-13(20)15(24-4)14(12)16(19)22/h5-6H,7-11H2,1-4H3. The van der Waals surface area contributed by atoms with E-state index in [0.29, 0.717) is 43.7 Å². The van der Waals surface area contributed by atoms with Gasteiger partial charge in [0.15, 0.2) is 5.78 Å². The quantitative estimate of drug-likeness (QED) is 0.696.